The molecule has 1 saturated heterocycles. The maximum Gasteiger partial charge on any atom is 0.306 e. The van der Waals surface area contributed by atoms with Gasteiger partial charge in [0.25, 0.3) is 0 Å². The van der Waals surface area contributed by atoms with E-state index in [1.807, 2.05) is 12.4 Å². The molecule has 0 bridgehead atoms. The van der Waals surface area contributed by atoms with Crippen molar-refractivity contribution < 1.29 is 15.0 Å². The van der Waals surface area contributed by atoms with E-state index in [9.17, 15) is 9.90 Å². The second-order valence-corrected chi connectivity index (χ2v) is 7.56. The largest absolute Gasteiger partial charge is 0.481 e. The number of rotatable bonds is 6. The highest BCUT2D eigenvalue weighted by Crippen LogP contribution is 2.36. The molecular weight excluding hydrogens is 318 g/mol. The number of pyridine rings is 1. The van der Waals surface area contributed by atoms with Gasteiger partial charge in [-0.3, -0.25) is 14.7 Å². The molecule has 1 aliphatic carbocycles. The van der Waals surface area contributed by atoms with Crippen molar-refractivity contribution in [3.63, 3.8) is 0 Å². The molecule has 1 saturated carbocycles. The molecular formula is C19H29N3O3. The van der Waals surface area contributed by atoms with Crippen LogP contribution in [0.4, 0.5) is 5.69 Å². The highest BCUT2D eigenvalue weighted by atomic mass is 16.4. The van der Waals surface area contributed by atoms with Gasteiger partial charge in [0.1, 0.15) is 0 Å². The average molecular weight is 347 g/mol. The average Bonchev–Trinajstić information content (AvgIpc) is 2.62. The van der Waals surface area contributed by atoms with Crippen LogP contribution in [0.15, 0.2) is 24.5 Å². The maximum absolute atomic E-state index is 10.8. The van der Waals surface area contributed by atoms with Crippen molar-refractivity contribution >= 4 is 11.7 Å². The summed E-state index contributed by atoms with van der Waals surface area (Å²) in [7, 11) is 0. The van der Waals surface area contributed by atoms with E-state index in [1.54, 1.807) is 0 Å². The van der Waals surface area contributed by atoms with Gasteiger partial charge in [0, 0.05) is 44.3 Å². The van der Waals surface area contributed by atoms with Crippen LogP contribution >= 0.6 is 0 Å². The first-order valence-corrected chi connectivity index (χ1v) is 9.36. The number of anilines is 1. The van der Waals surface area contributed by atoms with Crippen molar-refractivity contribution in [2.24, 2.45) is 5.92 Å². The Morgan fingerprint density at radius 3 is 2.40 bits per heavy atom. The number of piperazine rings is 1. The van der Waals surface area contributed by atoms with E-state index in [1.165, 1.54) is 5.69 Å². The van der Waals surface area contributed by atoms with Gasteiger partial charge in [-0.15, -0.1) is 0 Å². The number of carboxylic acid groups (broad SMARTS) is 1. The molecule has 25 heavy (non-hydrogen) atoms. The van der Waals surface area contributed by atoms with Crippen LogP contribution in [0.2, 0.25) is 0 Å². The van der Waals surface area contributed by atoms with E-state index in [-0.39, 0.29) is 6.42 Å². The quantitative estimate of drug-likeness (QED) is 0.819. The summed E-state index contributed by atoms with van der Waals surface area (Å²) in [5, 5.41) is 19.2. The van der Waals surface area contributed by atoms with Gasteiger partial charge in [0.2, 0.25) is 0 Å². The smallest absolute Gasteiger partial charge is 0.306 e. The molecule has 2 aliphatic rings. The Balaban J connectivity index is 1.36. The molecule has 1 aliphatic heterocycles. The minimum atomic E-state index is -0.974. The summed E-state index contributed by atoms with van der Waals surface area (Å²) in [5.41, 5.74) is 0.276. The van der Waals surface area contributed by atoms with Gasteiger partial charge < -0.3 is 15.1 Å². The Bertz CT molecular complexity index is 550. The van der Waals surface area contributed by atoms with Gasteiger partial charge in [-0.2, -0.15) is 0 Å². The fraction of sp³-hybridized carbons (Fsp3) is 0.684. The van der Waals surface area contributed by atoms with E-state index in [2.05, 4.69) is 26.9 Å². The molecule has 0 unspecified atom stereocenters. The van der Waals surface area contributed by atoms with Crippen molar-refractivity contribution in [3.05, 3.63) is 24.5 Å². The molecule has 0 amide bonds. The molecule has 138 valence electrons. The Kier molecular flexibility index (Phi) is 5.91. The van der Waals surface area contributed by atoms with Crippen LogP contribution in [-0.4, -0.2) is 64.4 Å². The summed E-state index contributed by atoms with van der Waals surface area (Å²) in [6, 6.07) is 4.13. The summed E-state index contributed by atoms with van der Waals surface area (Å²) >= 11 is 0. The molecule has 0 spiro atoms. The van der Waals surface area contributed by atoms with Crippen molar-refractivity contribution in [2.45, 2.75) is 44.1 Å². The molecule has 0 radical (unpaired) electrons. The van der Waals surface area contributed by atoms with Crippen LogP contribution in [0, 0.1) is 5.92 Å². The molecule has 1 aromatic heterocycles. The molecule has 3 rings (SSSR count). The topological polar surface area (TPSA) is 76.9 Å². The highest BCUT2D eigenvalue weighted by molar-refractivity contribution is 5.68. The van der Waals surface area contributed by atoms with Gasteiger partial charge in [0.15, 0.2) is 0 Å². The minimum Gasteiger partial charge on any atom is -0.481 e. The minimum absolute atomic E-state index is 0.114. The molecule has 6 heteroatoms. The van der Waals surface area contributed by atoms with Crippen LogP contribution < -0.4 is 4.90 Å². The Hall–Kier alpha value is -1.66. The van der Waals surface area contributed by atoms with Crippen LogP contribution in [0.1, 0.15) is 38.5 Å². The zero-order valence-corrected chi connectivity index (χ0v) is 14.8. The Morgan fingerprint density at radius 2 is 1.80 bits per heavy atom. The monoisotopic (exact) mass is 347 g/mol. The highest BCUT2D eigenvalue weighted by Gasteiger charge is 2.35. The van der Waals surface area contributed by atoms with E-state index < -0.39 is 11.6 Å². The van der Waals surface area contributed by atoms with Crippen LogP contribution in [0.25, 0.3) is 0 Å². The molecule has 2 N–H and O–H groups in total. The lowest BCUT2D eigenvalue weighted by Gasteiger charge is -2.38. The van der Waals surface area contributed by atoms with E-state index in [0.717, 1.165) is 52.0 Å². The number of aliphatic hydroxyl groups is 1. The number of aromatic nitrogens is 1. The number of nitrogens with zero attached hydrogens (tertiary/aromatic N) is 3. The first kappa shape index (κ1) is 18.1. The Labute approximate surface area is 149 Å². The third-order valence-corrected chi connectivity index (χ3v) is 5.77. The van der Waals surface area contributed by atoms with Crippen molar-refractivity contribution in [1.82, 2.24) is 9.88 Å². The number of carbonyl (C=O) groups is 1. The van der Waals surface area contributed by atoms with Crippen molar-refractivity contribution in [2.75, 3.05) is 37.6 Å². The molecule has 2 fully saturated rings. The summed E-state index contributed by atoms with van der Waals surface area (Å²) in [4.78, 5) is 19.8. The van der Waals surface area contributed by atoms with Gasteiger partial charge >= 0.3 is 5.97 Å². The molecule has 6 nitrogen and oxygen atoms in total. The summed E-state index contributed by atoms with van der Waals surface area (Å²) in [5.74, 6) is -0.277. The number of hydrogen-bond acceptors (Lipinski definition) is 5. The third kappa shape index (κ3) is 5.16. The molecule has 0 aromatic carbocycles. The summed E-state index contributed by atoms with van der Waals surface area (Å²) in [6.45, 7) is 5.36. The number of aliphatic carboxylic acids is 1. The first-order valence-electron chi connectivity index (χ1n) is 9.36. The van der Waals surface area contributed by atoms with Gasteiger partial charge in [-0.25, -0.2) is 0 Å². The lowest BCUT2D eigenvalue weighted by Crippen LogP contribution is -2.47. The normalized spacial score (nSPS) is 28.0. The number of hydrogen-bond donors (Lipinski definition) is 2. The van der Waals surface area contributed by atoms with Crippen molar-refractivity contribution in [3.8, 4) is 0 Å². The zero-order chi connectivity index (χ0) is 17.7. The molecule has 2 heterocycles. The second-order valence-electron chi connectivity index (χ2n) is 7.56. The second kappa shape index (κ2) is 8.15. The summed E-state index contributed by atoms with van der Waals surface area (Å²) < 4.78 is 0. The van der Waals surface area contributed by atoms with E-state index in [0.29, 0.717) is 18.8 Å². The predicted octanol–water partition coefficient (Wildman–Crippen LogP) is 1.99. The third-order valence-electron chi connectivity index (χ3n) is 5.77. The summed E-state index contributed by atoms with van der Waals surface area (Å²) in [6.07, 6.45) is 7.86. The zero-order valence-electron chi connectivity index (χ0n) is 14.8. The SMILES string of the molecule is O=C(O)CC1(O)CCC(CCN2CCN(c3ccncc3)CC2)CC1. The lowest BCUT2D eigenvalue weighted by atomic mass is 9.76. The first-order chi connectivity index (χ1) is 12.0. The van der Waals surface area contributed by atoms with E-state index >= 15 is 0 Å². The van der Waals surface area contributed by atoms with Crippen LogP contribution in [-0.2, 0) is 4.79 Å². The fourth-order valence-electron chi connectivity index (χ4n) is 4.11. The lowest BCUT2D eigenvalue weighted by molar-refractivity contribution is -0.144. The predicted molar refractivity (Wildman–Crippen MR) is 96.7 cm³/mol. The van der Waals surface area contributed by atoms with Gasteiger partial charge in [-0.1, -0.05) is 0 Å². The number of carboxylic acids is 1. The fourth-order valence-corrected chi connectivity index (χ4v) is 4.11. The van der Waals surface area contributed by atoms with E-state index in [4.69, 9.17) is 5.11 Å². The molecule has 0 atom stereocenters. The standard InChI is InChI=1S/C19H29N3O3/c23-18(24)15-19(25)6-1-16(2-7-19)5-10-21-11-13-22(14-12-21)17-3-8-20-9-4-17/h3-4,8-9,16,25H,1-2,5-7,10-15H2,(H,23,24). The van der Waals surface area contributed by atoms with Crippen molar-refractivity contribution in [1.29, 1.82) is 0 Å². The van der Waals surface area contributed by atoms with Crippen LogP contribution in [0.5, 0.6) is 0 Å². The molecule has 1 aromatic rings. The Morgan fingerprint density at radius 1 is 1.16 bits per heavy atom. The maximum atomic E-state index is 10.8. The van der Waals surface area contributed by atoms with Gasteiger partial charge in [-0.05, 0) is 56.7 Å². The van der Waals surface area contributed by atoms with Gasteiger partial charge in [0.05, 0.1) is 12.0 Å². The van der Waals surface area contributed by atoms with Crippen LogP contribution in [0.3, 0.4) is 0 Å².